The van der Waals surface area contributed by atoms with Gasteiger partial charge in [-0.1, -0.05) is 72.3 Å². The van der Waals surface area contributed by atoms with E-state index >= 15 is 0 Å². The average molecular weight is 434 g/mol. The highest BCUT2D eigenvalue weighted by Crippen LogP contribution is 2.31. The number of carbonyl (C=O) groups is 2. The molecule has 1 heterocycles. The number of amidine groups is 1. The van der Waals surface area contributed by atoms with Gasteiger partial charge in [0, 0.05) is 16.7 Å². The number of benzene rings is 3. The van der Waals surface area contributed by atoms with Gasteiger partial charge in [0.2, 0.25) is 0 Å². The van der Waals surface area contributed by atoms with Gasteiger partial charge >= 0.3 is 0 Å². The summed E-state index contributed by atoms with van der Waals surface area (Å²) < 4.78 is 0. The zero-order chi connectivity index (χ0) is 23.4. The van der Waals surface area contributed by atoms with Gasteiger partial charge in [0.1, 0.15) is 17.5 Å². The second-order valence-corrected chi connectivity index (χ2v) is 7.77. The van der Waals surface area contributed by atoms with Gasteiger partial charge in [-0.3, -0.25) is 9.59 Å². The van der Waals surface area contributed by atoms with Crippen LogP contribution < -0.4 is 10.6 Å². The fourth-order valence-corrected chi connectivity index (χ4v) is 3.60. The van der Waals surface area contributed by atoms with Crippen LogP contribution in [-0.4, -0.2) is 17.6 Å². The number of nitrogens with one attached hydrogen (secondary N) is 2. The highest BCUT2D eigenvalue weighted by atomic mass is 16.2. The minimum Gasteiger partial charge on any atom is -0.345 e. The fraction of sp³-hybridized carbons (Fsp3) is 0.111. The van der Waals surface area contributed by atoms with E-state index in [-0.39, 0.29) is 23.2 Å². The summed E-state index contributed by atoms with van der Waals surface area (Å²) in [6.45, 7) is 3.80. The van der Waals surface area contributed by atoms with Crippen molar-refractivity contribution < 1.29 is 9.59 Å². The topological polar surface area (TPSA) is 94.3 Å². The van der Waals surface area contributed by atoms with Crippen LogP contribution in [0.15, 0.2) is 89.4 Å². The van der Waals surface area contributed by atoms with Crippen molar-refractivity contribution in [3.05, 3.63) is 112 Å². The van der Waals surface area contributed by atoms with Crippen LogP contribution >= 0.6 is 0 Å². The Balaban J connectivity index is 1.65. The molecule has 2 amide bonds. The lowest BCUT2D eigenvalue weighted by Crippen LogP contribution is -2.30. The van der Waals surface area contributed by atoms with E-state index in [0.717, 1.165) is 11.1 Å². The lowest BCUT2D eigenvalue weighted by molar-refractivity contribution is -0.117. The summed E-state index contributed by atoms with van der Waals surface area (Å²) >= 11 is 0. The zero-order valence-corrected chi connectivity index (χ0v) is 18.3. The Kier molecular flexibility index (Phi) is 6.14. The molecule has 162 valence electrons. The molecule has 0 aromatic heterocycles. The quantitative estimate of drug-likeness (QED) is 0.474. The van der Waals surface area contributed by atoms with Crippen LogP contribution in [0.1, 0.15) is 45.6 Å². The number of nitrogens with zero attached hydrogens (tertiary/aromatic N) is 2. The third-order valence-corrected chi connectivity index (χ3v) is 5.43. The lowest BCUT2D eigenvalue weighted by Gasteiger charge is -2.14. The molecule has 3 aromatic carbocycles. The van der Waals surface area contributed by atoms with Crippen molar-refractivity contribution in [2.45, 2.75) is 19.9 Å². The highest BCUT2D eigenvalue weighted by molar-refractivity contribution is 6.20. The van der Waals surface area contributed by atoms with Crippen LogP contribution in [0.25, 0.3) is 5.70 Å². The summed E-state index contributed by atoms with van der Waals surface area (Å²) in [7, 11) is 0. The van der Waals surface area contributed by atoms with E-state index in [1.807, 2.05) is 68.4 Å². The van der Waals surface area contributed by atoms with Crippen LogP contribution in [-0.2, 0) is 4.79 Å². The maximum Gasteiger partial charge on any atom is 0.264 e. The van der Waals surface area contributed by atoms with Crippen LogP contribution in [0.4, 0.5) is 0 Å². The lowest BCUT2D eigenvalue weighted by atomic mass is 10.0. The summed E-state index contributed by atoms with van der Waals surface area (Å²) in [6, 6.07) is 25.6. The molecule has 0 spiro atoms. The number of aryl methyl sites for hydroxylation is 1. The monoisotopic (exact) mass is 434 g/mol. The smallest absolute Gasteiger partial charge is 0.264 e. The predicted octanol–water partition coefficient (Wildman–Crippen LogP) is 4.30. The third-order valence-electron chi connectivity index (χ3n) is 5.43. The van der Waals surface area contributed by atoms with E-state index in [1.54, 1.807) is 30.3 Å². The Morgan fingerprint density at radius 3 is 2.21 bits per heavy atom. The largest absolute Gasteiger partial charge is 0.345 e. The number of fused-ring (bicyclic) bond motifs is 1. The summed E-state index contributed by atoms with van der Waals surface area (Å²) in [6.07, 6.45) is 0. The van der Waals surface area contributed by atoms with E-state index in [4.69, 9.17) is 0 Å². The number of nitriles is 1. The highest BCUT2D eigenvalue weighted by Gasteiger charge is 2.27. The Morgan fingerprint density at radius 2 is 1.55 bits per heavy atom. The molecule has 6 heteroatoms. The Morgan fingerprint density at radius 1 is 0.909 bits per heavy atom. The second-order valence-electron chi connectivity index (χ2n) is 7.77. The van der Waals surface area contributed by atoms with Crippen molar-refractivity contribution >= 4 is 23.3 Å². The summed E-state index contributed by atoms with van der Waals surface area (Å²) in [5.41, 5.74) is 3.88. The van der Waals surface area contributed by atoms with Crippen molar-refractivity contribution in [3.8, 4) is 6.07 Å². The molecule has 0 aliphatic carbocycles. The molecular weight excluding hydrogens is 412 g/mol. The van der Waals surface area contributed by atoms with Gasteiger partial charge in [0.15, 0.2) is 0 Å². The number of rotatable bonds is 4. The first-order valence-corrected chi connectivity index (χ1v) is 10.5. The van der Waals surface area contributed by atoms with Crippen molar-refractivity contribution in [2.75, 3.05) is 0 Å². The van der Waals surface area contributed by atoms with E-state index in [2.05, 4.69) is 15.6 Å². The van der Waals surface area contributed by atoms with Crippen molar-refractivity contribution in [3.63, 3.8) is 0 Å². The first kappa shape index (κ1) is 21.7. The average Bonchev–Trinajstić information content (AvgIpc) is 3.18. The number of hydrogen-bond donors (Lipinski definition) is 2. The Hall–Kier alpha value is -4.50. The summed E-state index contributed by atoms with van der Waals surface area (Å²) in [5, 5.41) is 15.5. The molecule has 0 bridgehead atoms. The van der Waals surface area contributed by atoms with Crippen molar-refractivity contribution in [1.29, 1.82) is 5.26 Å². The third kappa shape index (κ3) is 4.58. The Labute approximate surface area is 192 Å². The summed E-state index contributed by atoms with van der Waals surface area (Å²) in [5.74, 6) is -0.526. The molecule has 1 aliphatic rings. The number of amides is 2. The first-order valence-electron chi connectivity index (χ1n) is 10.5. The molecule has 0 fully saturated rings. The molecular formula is C27H22N4O2. The van der Waals surface area contributed by atoms with E-state index in [0.29, 0.717) is 22.5 Å². The maximum atomic E-state index is 13.0. The van der Waals surface area contributed by atoms with Gasteiger partial charge in [0.25, 0.3) is 11.8 Å². The van der Waals surface area contributed by atoms with Gasteiger partial charge in [-0.2, -0.15) is 5.26 Å². The van der Waals surface area contributed by atoms with E-state index in [9.17, 15) is 14.9 Å². The minimum atomic E-state index is -0.520. The molecule has 3 aromatic rings. The van der Waals surface area contributed by atoms with Crippen LogP contribution in [0, 0.1) is 18.3 Å². The van der Waals surface area contributed by atoms with Gasteiger partial charge in [-0.15, -0.1) is 0 Å². The molecule has 0 saturated carbocycles. The Bertz CT molecular complexity index is 1320. The molecule has 2 N–H and O–H groups in total. The number of carbonyl (C=O) groups excluding carboxylic acids is 2. The molecule has 1 unspecified atom stereocenters. The van der Waals surface area contributed by atoms with Gasteiger partial charge in [0.05, 0.1) is 11.7 Å². The molecule has 33 heavy (non-hydrogen) atoms. The van der Waals surface area contributed by atoms with Crippen molar-refractivity contribution in [2.24, 2.45) is 4.99 Å². The maximum absolute atomic E-state index is 13.0. The number of aliphatic imine (C=N–C) groups is 1. The fourth-order valence-electron chi connectivity index (χ4n) is 3.60. The van der Waals surface area contributed by atoms with E-state index in [1.165, 1.54) is 0 Å². The van der Waals surface area contributed by atoms with Crippen LogP contribution in [0.2, 0.25) is 0 Å². The normalized spacial score (nSPS) is 14.4. The standard InChI is InChI=1S/C27H22N4O2/c1-17-12-14-20(15-13-17)26(32)31-25-22-11-7-6-10-21(22)24(30-25)23(16-28)27(33)29-18(2)19-8-4-3-5-9-19/h3-15,18H,1-2H3,(H,29,33)(H,30,31,32)/b24-23-. The summed E-state index contributed by atoms with van der Waals surface area (Å²) in [4.78, 5) is 30.2. The number of hydrogen-bond acceptors (Lipinski definition) is 4. The molecule has 6 nitrogen and oxygen atoms in total. The zero-order valence-electron chi connectivity index (χ0n) is 18.3. The van der Waals surface area contributed by atoms with Gasteiger partial charge < -0.3 is 10.6 Å². The molecule has 0 saturated heterocycles. The van der Waals surface area contributed by atoms with Crippen LogP contribution in [0.3, 0.4) is 0 Å². The van der Waals surface area contributed by atoms with Gasteiger partial charge in [-0.05, 0) is 31.5 Å². The van der Waals surface area contributed by atoms with Crippen LogP contribution in [0.5, 0.6) is 0 Å². The molecule has 1 atom stereocenters. The molecule has 4 rings (SSSR count). The molecule has 1 aliphatic heterocycles. The van der Waals surface area contributed by atoms with Gasteiger partial charge in [-0.25, -0.2) is 4.99 Å². The van der Waals surface area contributed by atoms with E-state index < -0.39 is 5.91 Å². The SMILES string of the molecule is Cc1ccc(C(=O)NC2=N/C(=C(/C#N)C(=O)NC(C)c3ccccc3)c3ccccc32)cc1. The predicted molar refractivity (Wildman–Crippen MR) is 127 cm³/mol. The second kappa shape index (κ2) is 9.33. The minimum absolute atomic E-state index is 0.107. The first-order chi connectivity index (χ1) is 16.0. The van der Waals surface area contributed by atoms with Crippen molar-refractivity contribution in [1.82, 2.24) is 10.6 Å². The molecule has 0 radical (unpaired) electrons.